The summed E-state index contributed by atoms with van der Waals surface area (Å²) in [5, 5.41) is 5.19. The van der Waals surface area contributed by atoms with Crippen LogP contribution in [0.4, 0.5) is 0 Å². The first-order chi connectivity index (χ1) is 12.6. The molecule has 2 heterocycles. The zero-order valence-corrected chi connectivity index (χ0v) is 16.3. The van der Waals surface area contributed by atoms with Gasteiger partial charge in [0.2, 0.25) is 10.0 Å². The van der Waals surface area contributed by atoms with Crippen LogP contribution >= 0.6 is 11.3 Å². The highest BCUT2D eigenvalue weighted by atomic mass is 32.2. The molecule has 140 valence electrons. The lowest BCUT2D eigenvalue weighted by Gasteiger charge is -2.25. The first-order valence-corrected chi connectivity index (χ1v) is 11.3. The number of hydrogen-bond donors (Lipinski definition) is 1. The van der Waals surface area contributed by atoms with Gasteiger partial charge in [0.25, 0.3) is 0 Å². The van der Waals surface area contributed by atoms with Gasteiger partial charge in [-0.05, 0) is 42.8 Å². The van der Waals surface area contributed by atoms with Crippen molar-refractivity contribution in [2.24, 2.45) is 0 Å². The van der Waals surface area contributed by atoms with Crippen molar-refractivity contribution < 1.29 is 13.2 Å². The molecule has 1 aliphatic heterocycles. The molecule has 5 nitrogen and oxygen atoms in total. The minimum Gasteiger partial charge on any atom is -0.309 e. The van der Waals surface area contributed by atoms with Crippen LogP contribution in [0.2, 0.25) is 0 Å². The number of benzene rings is 1. The van der Waals surface area contributed by atoms with E-state index in [0.29, 0.717) is 18.7 Å². The van der Waals surface area contributed by atoms with Gasteiger partial charge in [0, 0.05) is 30.1 Å². The predicted octanol–water partition coefficient (Wildman–Crippen LogP) is 2.94. The molecule has 2 aromatic rings. The van der Waals surface area contributed by atoms with E-state index in [2.05, 4.69) is 11.4 Å². The van der Waals surface area contributed by atoms with E-state index in [9.17, 15) is 13.2 Å². The average molecular weight is 393 g/mol. The van der Waals surface area contributed by atoms with Gasteiger partial charge in [-0.1, -0.05) is 24.6 Å². The normalized spacial score (nSPS) is 15.8. The largest absolute Gasteiger partial charge is 0.309 e. The van der Waals surface area contributed by atoms with Crippen molar-refractivity contribution in [2.75, 3.05) is 26.2 Å². The molecular formula is C19H24N2O3S2. The standard InChI is InChI=1S/C19H24N2O3S2/c22-19(15-20-11-10-17-5-4-14-25-17)16-6-8-18(9-7-16)26(23,24)21-12-2-1-3-13-21/h4-9,14,20H,1-3,10-13,15H2. The number of carbonyl (C=O) groups excluding carboxylic acids is 1. The summed E-state index contributed by atoms with van der Waals surface area (Å²) < 4.78 is 26.8. The molecule has 1 saturated heterocycles. The number of nitrogens with zero attached hydrogens (tertiary/aromatic N) is 1. The molecule has 0 bridgehead atoms. The first-order valence-electron chi connectivity index (χ1n) is 8.94. The molecule has 1 fully saturated rings. The van der Waals surface area contributed by atoms with Crippen LogP contribution in [0, 0.1) is 0 Å². The van der Waals surface area contributed by atoms with E-state index in [0.717, 1.165) is 32.2 Å². The zero-order chi connectivity index (χ0) is 18.4. The summed E-state index contributed by atoms with van der Waals surface area (Å²) in [4.78, 5) is 13.8. The van der Waals surface area contributed by atoms with E-state index < -0.39 is 10.0 Å². The van der Waals surface area contributed by atoms with Crippen LogP contribution in [0.25, 0.3) is 0 Å². The Morgan fingerprint density at radius 3 is 2.46 bits per heavy atom. The molecule has 26 heavy (non-hydrogen) atoms. The van der Waals surface area contributed by atoms with Crippen molar-refractivity contribution in [3.8, 4) is 0 Å². The SMILES string of the molecule is O=C(CNCCc1cccs1)c1ccc(S(=O)(=O)N2CCCCC2)cc1. The number of Topliss-reactive ketones (excluding diaryl/α,β-unsaturated/α-hetero) is 1. The van der Waals surface area contributed by atoms with Gasteiger partial charge in [-0.25, -0.2) is 8.42 Å². The van der Waals surface area contributed by atoms with Crippen LogP contribution < -0.4 is 5.32 Å². The highest BCUT2D eigenvalue weighted by molar-refractivity contribution is 7.89. The van der Waals surface area contributed by atoms with Crippen LogP contribution in [0.5, 0.6) is 0 Å². The second-order valence-corrected chi connectivity index (χ2v) is 9.39. The molecule has 0 atom stereocenters. The Morgan fingerprint density at radius 1 is 1.08 bits per heavy atom. The second kappa shape index (κ2) is 8.90. The number of thiophene rings is 1. The molecule has 0 unspecified atom stereocenters. The summed E-state index contributed by atoms with van der Waals surface area (Å²) in [5.74, 6) is -0.0295. The zero-order valence-electron chi connectivity index (χ0n) is 14.7. The maximum absolute atomic E-state index is 12.6. The number of ketones is 1. The molecule has 7 heteroatoms. The van der Waals surface area contributed by atoms with E-state index in [1.807, 2.05) is 11.4 Å². The minimum absolute atomic E-state index is 0.0295. The highest BCUT2D eigenvalue weighted by Gasteiger charge is 2.25. The van der Waals surface area contributed by atoms with Crippen molar-refractivity contribution in [3.05, 3.63) is 52.2 Å². The predicted molar refractivity (Wildman–Crippen MR) is 104 cm³/mol. The van der Waals surface area contributed by atoms with Gasteiger partial charge in [-0.3, -0.25) is 4.79 Å². The van der Waals surface area contributed by atoms with Gasteiger partial charge in [0.15, 0.2) is 5.78 Å². The summed E-state index contributed by atoms with van der Waals surface area (Å²) in [6.45, 7) is 2.16. The maximum Gasteiger partial charge on any atom is 0.243 e. The molecule has 1 N–H and O–H groups in total. The molecule has 0 aliphatic carbocycles. The first kappa shape index (κ1) is 19.2. The summed E-state index contributed by atoms with van der Waals surface area (Å²) in [5.41, 5.74) is 0.534. The molecule has 0 amide bonds. The number of sulfonamides is 1. The number of hydrogen-bond acceptors (Lipinski definition) is 5. The molecule has 0 saturated carbocycles. The third-order valence-electron chi connectivity index (χ3n) is 4.54. The lowest BCUT2D eigenvalue weighted by atomic mass is 10.1. The fourth-order valence-corrected chi connectivity index (χ4v) is 5.26. The summed E-state index contributed by atoms with van der Waals surface area (Å²) in [6.07, 6.45) is 3.80. The van der Waals surface area contributed by atoms with E-state index in [4.69, 9.17) is 0 Å². The van der Waals surface area contributed by atoms with Crippen LogP contribution in [-0.4, -0.2) is 44.7 Å². The third kappa shape index (κ3) is 4.79. The number of nitrogens with one attached hydrogen (secondary N) is 1. The van der Waals surface area contributed by atoms with Gasteiger partial charge in [-0.15, -0.1) is 11.3 Å². The van der Waals surface area contributed by atoms with E-state index in [1.54, 1.807) is 39.9 Å². The molecule has 1 aromatic carbocycles. The van der Waals surface area contributed by atoms with Gasteiger partial charge >= 0.3 is 0 Å². The van der Waals surface area contributed by atoms with E-state index in [1.165, 1.54) is 4.88 Å². The Bertz CT molecular complexity index is 809. The van der Waals surface area contributed by atoms with Gasteiger partial charge in [0.05, 0.1) is 11.4 Å². The maximum atomic E-state index is 12.6. The van der Waals surface area contributed by atoms with E-state index >= 15 is 0 Å². The molecule has 3 rings (SSSR count). The fourth-order valence-electron chi connectivity index (χ4n) is 3.04. The number of rotatable bonds is 8. The van der Waals surface area contributed by atoms with E-state index in [-0.39, 0.29) is 17.2 Å². The molecule has 1 aromatic heterocycles. The van der Waals surface area contributed by atoms with Crippen molar-refractivity contribution >= 4 is 27.1 Å². The van der Waals surface area contributed by atoms with Crippen molar-refractivity contribution in [1.29, 1.82) is 0 Å². The van der Waals surface area contributed by atoms with Crippen molar-refractivity contribution in [2.45, 2.75) is 30.6 Å². The summed E-state index contributed by atoms with van der Waals surface area (Å²) in [6, 6.07) is 10.4. The summed E-state index contributed by atoms with van der Waals surface area (Å²) in [7, 11) is -3.44. The Hall–Kier alpha value is -1.54. The van der Waals surface area contributed by atoms with Crippen LogP contribution in [0.3, 0.4) is 0 Å². The van der Waals surface area contributed by atoms with Crippen LogP contribution in [0.15, 0.2) is 46.7 Å². The minimum atomic E-state index is -3.44. The second-order valence-electron chi connectivity index (χ2n) is 6.42. The Kier molecular flexibility index (Phi) is 6.58. The van der Waals surface area contributed by atoms with Crippen molar-refractivity contribution in [3.63, 3.8) is 0 Å². The molecular weight excluding hydrogens is 368 g/mol. The van der Waals surface area contributed by atoms with Crippen LogP contribution in [-0.2, 0) is 16.4 Å². The van der Waals surface area contributed by atoms with Gasteiger partial charge in [0.1, 0.15) is 0 Å². The lowest BCUT2D eigenvalue weighted by Crippen LogP contribution is -2.35. The monoisotopic (exact) mass is 392 g/mol. The quantitative estimate of drug-likeness (QED) is 0.554. The third-order valence-corrected chi connectivity index (χ3v) is 7.39. The van der Waals surface area contributed by atoms with Crippen LogP contribution in [0.1, 0.15) is 34.5 Å². The highest BCUT2D eigenvalue weighted by Crippen LogP contribution is 2.21. The fraction of sp³-hybridized carbons (Fsp3) is 0.421. The van der Waals surface area contributed by atoms with Gasteiger partial charge in [-0.2, -0.15) is 4.31 Å². The average Bonchev–Trinajstić information content (AvgIpc) is 3.19. The molecule has 0 radical (unpaired) electrons. The molecule has 1 aliphatic rings. The Morgan fingerprint density at radius 2 is 1.81 bits per heavy atom. The van der Waals surface area contributed by atoms with Crippen molar-refractivity contribution in [1.82, 2.24) is 9.62 Å². The summed E-state index contributed by atoms with van der Waals surface area (Å²) >= 11 is 1.71. The number of piperidine rings is 1. The lowest BCUT2D eigenvalue weighted by molar-refractivity contribution is 0.0991. The number of carbonyl (C=O) groups is 1. The smallest absolute Gasteiger partial charge is 0.243 e. The Balaban J connectivity index is 1.53. The topological polar surface area (TPSA) is 66.5 Å². The van der Waals surface area contributed by atoms with Gasteiger partial charge < -0.3 is 5.32 Å². The molecule has 0 spiro atoms. The Labute approximate surface area is 159 Å².